The molecule has 3 aromatic rings. The number of likely N-dealkylation sites (N-methyl/N-ethyl adjacent to an activating group) is 1. The van der Waals surface area contributed by atoms with E-state index in [1.54, 1.807) is 6.20 Å². The first-order chi connectivity index (χ1) is 12.6. The molecule has 0 bridgehead atoms. The summed E-state index contributed by atoms with van der Waals surface area (Å²) < 4.78 is 15.5. The first-order valence-electron chi connectivity index (χ1n) is 8.51. The number of piperazine rings is 1. The van der Waals surface area contributed by atoms with E-state index >= 15 is 0 Å². The number of benzene rings is 2. The van der Waals surface area contributed by atoms with Crippen LogP contribution in [0, 0.1) is 5.82 Å². The standard InChI is InChI=1S/C19H19BrFN5/c1-25-7-9-26(10-8-25)17-6-5-14(11-16(17)21)23-19-22-12-13-3-2-4-15(20)18(13)24-19/h2-6,11-12H,7-10H2,1H3,(H,22,23,24). The summed E-state index contributed by atoms with van der Waals surface area (Å²) in [7, 11) is 2.09. The number of para-hydroxylation sites is 1. The maximum atomic E-state index is 14.6. The molecule has 0 spiro atoms. The maximum Gasteiger partial charge on any atom is 0.227 e. The summed E-state index contributed by atoms with van der Waals surface area (Å²) in [4.78, 5) is 13.2. The molecule has 7 heteroatoms. The monoisotopic (exact) mass is 415 g/mol. The van der Waals surface area contributed by atoms with Crippen LogP contribution in [-0.2, 0) is 0 Å². The Morgan fingerprint density at radius 1 is 1.12 bits per heavy atom. The van der Waals surface area contributed by atoms with Crippen molar-refractivity contribution in [1.29, 1.82) is 0 Å². The number of hydrogen-bond donors (Lipinski definition) is 1. The number of nitrogens with zero attached hydrogens (tertiary/aromatic N) is 4. The van der Waals surface area contributed by atoms with Gasteiger partial charge in [-0.25, -0.2) is 14.4 Å². The van der Waals surface area contributed by atoms with E-state index < -0.39 is 0 Å². The number of hydrogen-bond acceptors (Lipinski definition) is 5. The van der Waals surface area contributed by atoms with Crippen molar-refractivity contribution in [3.8, 4) is 0 Å². The van der Waals surface area contributed by atoms with E-state index in [0.717, 1.165) is 41.6 Å². The Morgan fingerprint density at radius 3 is 2.69 bits per heavy atom. The molecule has 0 aliphatic carbocycles. The smallest absolute Gasteiger partial charge is 0.227 e. The van der Waals surface area contributed by atoms with Crippen molar-refractivity contribution in [2.75, 3.05) is 43.4 Å². The van der Waals surface area contributed by atoms with Gasteiger partial charge in [-0.2, -0.15) is 0 Å². The summed E-state index contributed by atoms with van der Waals surface area (Å²) in [5.74, 6) is 0.206. The number of halogens is 2. The highest BCUT2D eigenvalue weighted by Gasteiger charge is 2.17. The molecule has 5 nitrogen and oxygen atoms in total. The molecule has 1 aliphatic rings. The van der Waals surface area contributed by atoms with Crippen molar-refractivity contribution in [3.05, 3.63) is 52.9 Å². The van der Waals surface area contributed by atoms with E-state index in [4.69, 9.17) is 0 Å². The summed E-state index contributed by atoms with van der Waals surface area (Å²) in [5, 5.41) is 4.04. The summed E-state index contributed by atoms with van der Waals surface area (Å²) in [6, 6.07) is 11.0. The Bertz CT molecular complexity index is 940. The second kappa shape index (κ2) is 7.17. The highest BCUT2D eigenvalue weighted by Crippen LogP contribution is 2.26. The van der Waals surface area contributed by atoms with Crippen molar-refractivity contribution in [3.63, 3.8) is 0 Å². The Balaban J connectivity index is 1.55. The molecule has 26 heavy (non-hydrogen) atoms. The van der Waals surface area contributed by atoms with Gasteiger partial charge in [-0.15, -0.1) is 0 Å². The van der Waals surface area contributed by atoms with Crippen LogP contribution in [0.4, 0.5) is 21.7 Å². The third kappa shape index (κ3) is 3.50. The zero-order valence-corrected chi connectivity index (χ0v) is 16.0. The van der Waals surface area contributed by atoms with E-state index in [1.807, 2.05) is 30.3 Å². The van der Waals surface area contributed by atoms with Gasteiger partial charge in [-0.1, -0.05) is 12.1 Å². The lowest BCUT2D eigenvalue weighted by molar-refractivity contribution is 0.311. The normalized spacial score (nSPS) is 15.4. The molecule has 0 unspecified atom stereocenters. The zero-order valence-electron chi connectivity index (χ0n) is 14.4. The van der Waals surface area contributed by atoms with Gasteiger partial charge in [0.15, 0.2) is 0 Å². The van der Waals surface area contributed by atoms with E-state index in [9.17, 15) is 4.39 Å². The topological polar surface area (TPSA) is 44.3 Å². The highest BCUT2D eigenvalue weighted by molar-refractivity contribution is 9.10. The van der Waals surface area contributed by atoms with Crippen LogP contribution in [0.1, 0.15) is 0 Å². The van der Waals surface area contributed by atoms with E-state index in [2.05, 4.69) is 48.1 Å². The molecule has 2 aromatic carbocycles. The minimum absolute atomic E-state index is 0.235. The Morgan fingerprint density at radius 2 is 1.92 bits per heavy atom. The van der Waals surface area contributed by atoms with Gasteiger partial charge in [0.2, 0.25) is 5.95 Å². The van der Waals surface area contributed by atoms with Crippen molar-refractivity contribution in [1.82, 2.24) is 14.9 Å². The first kappa shape index (κ1) is 17.2. The summed E-state index contributed by atoms with van der Waals surface area (Å²) in [6.45, 7) is 3.56. The van der Waals surface area contributed by atoms with E-state index in [0.29, 0.717) is 17.3 Å². The molecular formula is C19H19BrFN5. The molecule has 1 aromatic heterocycles. The lowest BCUT2D eigenvalue weighted by Crippen LogP contribution is -2.44. The molecular weight excluding hydrogens is 397 g/mol. The van der Waals surface area contributed by atoms with Crippen molar-refractivity contribution in [2.45, 2.75) is 0 Å². The summed E-state index contributed by atoms with van der Waals surface area (Å²) >= 11 is 3.50. The number of anilines is 3. The number of nitrogens with one attached hydrogen (secondary N) is 1. The van der Waals surface area contributed by atoms with Crippen molar-refractivity contribution >= 4 is 44.2 Å². The van der Waals surface area contributed by atoms with E-state index in [1.165, 1.54) is 6.07 Å². The van der Waals surface area contributed by atoms with Gasteiger partial charge >= 0.3 is 0 Å². The first-order valence-corrected chi connectivity index (χ1v) is 9.31. The fourth-order valence-electron chi connectivity index (χ4n) is 3.10. The van der Waals surface area contributed by atoms with E-state index in [-0.39, 0.29) is 5.82 Å². The maximum absolute atomic E-state index is 14.6. The van der Waals surface area contributed by atoms with Gasteiger partial charge < -0.3 is 15.1 Å². The third-order valence-electron chi connectivity index (χ3n) is 4.61. The zero-order chi connectivity index (χ0) is 18.1. The highest BCUT2D eigenvalue weighted by atomic mass is 79.9. The second-order valence-electron chi connectivity index (χ2n) is 6.45. The average molecular weight is 416 g/mol. The van der Waals surface area contributed by atoms with Gasteiger partial charge in [0, 0.05) is 47.9 Å². The molecule has 0 atom stereocenters. The number of aromatic nitrogens is 2. The predicted molar refractivity (Wildman–Crippen MR) is 107 cm³/mol. The van der Waals surface area contributed by atoms with Crippen LogP contribution < -0.4 is 10.2 Å². The van der Waals surface area contributed by atoms with Gasteiger partial charge in [-0.3, -0.25) is 0 Å². The second-order valence-corrected chi connectivity index (χ2v) is 7.31. The van der Waals surface area contributed by atoms with Gasteiger partial charge in [-0.05, 0) is 47.2 Å². The van der Waals surface area contributed by atoms with Crippen LogP contribution in [0.15, 0.2) is 47.1 Å². The quantitative estimate of drug-likeness (QED) is 0.699. The molecule has 4 rings (SSSR count). The van der Waals surface area contributed by atoms with Crippen LogP contribution in [0.5, 0.6) is 0 Å². The molecule has 2 heterocycles. The summed E-state index contributed by atoms with van der Waals surface area (Å²) in [5.41, 5.74) is 2.09. The van der Waals surface area contributed by atoms with Crippen molar-refractivity contribution in [2.24, 2.45) is 0 Å². The fourth-order valence-corrected chi connectivity index (χ4v) is 3.57. The molecule has 1 aliphatic heterocycles. The summed E-state index contributed by atoms with van der Waals surface area (Å²) in [6.07, 6.45) is 1.75. The van der Waals surface area contributed by atoms with Gasteiger partial charge in [0.25, 0.3) is 0 Å². The lowest BCUT2D eigenvalue weighted by atomic mass is 10.2. The molecule has 1 saturated heterocycles. The van der Waals surface area contributed by atoms with Crippen LogP contribution in [0.25, 0.3) is 10.9 Å². The van der Waals surface area contributed by atoms with Gasteiger partial charge in [0.1, 0.15) is 5.82 Å². The van der Waals surface area contributed by atoms with Crippen LogP contribution in [0.3, 0.4) is 0 Å². The SMILES string of the molecule is CN1CCN(c2ccc(Nc3ncc4cccc(Br)c4n3)cc2F)CC1. The number of fused-ring (bicyclic) bond motifs is 1. The minimum atomic E-state index is -0.235. The average Bonchev–Trinajstić information content (AvgIpc) is 2.64. The number of rotatable bonds is 3. The minimum Gasteiger partial charge on any atom is -0.367 e. The molecule has 0 radical (unpaired) electrons. The lowest BCUT2D eigenvalue weighted by Gasteiger charge is -2.34. The fraction of sp³-hybridized carbons (Fsp3) is 0.263. The Kier molecular flexibility index (Phi) is 4.74. The molecule has 134 valence electrons. The van der Waals surface area contributed by atoms with Crippen LogP contribution >= 0.6 is 15.9 Å². The predicted octanol–water partition coefficient (Wildman–Crippen LogP) is 4.03. The van der Waals surface area contributed by atoms with Crippen molar-refractivity contribution < 1.29 is 4.39 Å². The third-order valence-corrected chi connectivity index (χ3v) is 5.25. The van der Waals surface area contributed by atoms with Crippen LogP contribution in [-0.4, -0.2) is 48.1 Å². The Labute approximate surface area is 160 Å². The molecule has 1 N–H and O–H groups in total. The Hall–Kier alpha value is -2.25. The largest absolute Gasteiger partial charge is 0.367 e. The molecule has 0 amide bonds. The van der Waals surface area contributed by atoms with Crippen LogP contribution in [0.2, 0.25) is 0 Å². The molecule has 1 fully saturated rings. The van der Waals surface area contributed by atoms with Gasteiger partial charge in [0.05, 0.1) is 11.2 Å². The molecule has 0 saturated carbocycles.